The Hall–Kier alpha value is -2.23. The number of rotatable bonds is 8. The van der Waals surface area contributed by atoms with Crippen LogP contribution in [0.3, 0.4) is 0 Å². The predicted octanol–water partition coefficient (Wildman–Crippen LogP) is 0.708. The zero-order valence-electron chi connectivity index (χ0n) is 15.1. The summed E-state index contributed by atoms with van der Waals surface area (Å²) in [6.07, 6.45) is 1.37. The van der Waals surface area contributed by atoms with E-state index in [1.807, 2.05) is 14.0 Å². The van der Waals surface area contributed by atoms with E-state index in [9.17, 15) is 18.3 Å². The number of aliphatic hydroxyl groups is 1. The SMILES string of the molecule is CC[C@@H](O)CNS(=O)(=O)c1cccc(C(=O)NCc2cnn(C)c2C)c1. The zero-order chi connectivity index (χ0) is 19.3. The Balaban J connectivity index is 2.07. The first kappa shape index (κ1) is 20.1. The number of benzene rings is 1. The highest BCUT2D eigenvalue weighted by Gasteiger charge is 2.17. The lowest BCUT2D eigenvalue weighted by atomic mass is 10.2. The van der Waals surface area contributed by atoms with Crippen molar-refractivity contribution >= 4 is 15.9 Å². The van der Waals surface area contributed by atoms with Gasteiger partial charge in [0.05, 0.1) is 17.2 Å². The van der Waals surface area contributed by atoms with Crippen molar-refractivity contribution in [2.45, 2.75) is 37.8 Å². The van der Waals surface area contributed by atoms with Crippen LogP contribution in [0, 0.1) is 6.92 Å². The second kappa shape index (κ2) is 8.43. The number of hydrogen-bond donors (Lipinski definition) is 3. The molecular formula is C17H24N4O4S. The van der Waals surface area contributed by atoms with Crippen molar-refractivity contribution in [2.75, 3.05) is 6.54 Å². The number of amides is 1. The molecule has 0 saturated heterocycles. The highest BCUT2D eigenvalue weighted by Crippen LogP contribution is 2.12. The summed E-state index contributed by atoms with van der Waals surface area (Å²) in [5.74, 6) is -0.376. The van der Waals surface area contributed by atoms with Crippen molar-refractivity contribution in [3.05, 3.63) is 47.3 Å². The Morgan fingerprint density at radius 2 is 2.12 bits per heavy atom. The van der Waals surface area contributed by atoms with Gasteiger partial charge in [-0.25, -0.2) is 13.1 Å². The molecule has 142 valence electrons. The predicted molar refractivity (Wildman–Crippen MR) is 97.0 cm³/mol. The molecule has 0 radical (unpaired) electrons. The lowest BCUT2D eigenvalue weighted by Crippen LogP contribution is -2.32. The average Bonchev–Trinajstić information content (AvgIpc) is 2.96. The van der Waals surface area contributed by atoms with Crippen molar-refractivity contribution in [3.8, 4) is 0 Å². The van der Waals surface area contributed by atoms with E-state index in [0.29, 0.717) is 13.0 Å². The molecule has 2 rings (SSSR count). The van der Waals surface area contributed by atoms with Crippen LogP contribution < -0.4 is 10.0 Å². The van der Waals surface area contributed by atoms with Gasteiger partial charge in [-0.3, -0.25) is 9.48 Å². The van der Waals surface area contributed by atoms with Crippen molar-refractivity contribution in [2.24, 2.45) is 7.05 Å². The standard InChI is InChI=1S/C17H24N4O4S/c1-4-15(22)11-20-26(24,25)16-7-5-6-13(8-16)17(23)18-9-14-10-19-21(3)12(14)2/h5-8,10,15,20,22H,4,9,11H2,1-3H3,(H,18,23)/t15-/m1/s1. The van der Waals surface area contributed by atoms with Gasteiger partial charge in [0.1, 0.15) is 0 Å². The van der Waals surface area contributed by atoms with Crippen LogP contribution in [0.25, 0.3) is 0 Å². The third-order valence-corrected chi connectivity index (χ3v) is 5.58. The smallest absolute Gasteiger partial charge is 0.251 e. The fourth-order valence-electron chi connectivity index (χ4n) is 2.23. The van der Waals surface area contributed by atoms with Crippen LogP contribution >= 0.6 is 0 Å². The van der Waals surface area contributed by atoms with Gasteiger partial charge in [-0.15, -0.1) is 0 Å². The second-order valence-electron chi connectivity index (χ2n) is 6.00. The summed E-state index contributed by atoms with van der Waals surface area (Å²) in [7, 11) is -1.98. The number of aliphatic hydroxyl groups excluding tert-OH is 1. The van der Waals surface area contributed by atoms with Crippen LogP contribution in [0.15, 0.2) is 35.4 Å². The fourth-order valence-corrected chi connectivity index (χ4v) is 3.35. The minimum absolute atomic E-state index is 0.0222. The van der Waals surface area contributed by atoms with Crippen LogP contribution in [-0.4, -0.2) is 41.9 Å². The van der Waals surface area contributed by atoms with Gasteiger partial charge in [0.25, 0.3) is 5.91 Å². The first-order valence-corrected chi connectivity index (χ1v) is 9.76. The quantitative estimate of drug-likeness (QED) is 0.624. The van der Waals surface area contributed by atoms with Gasteiger partial charge in [0, 0.05) is 37.0 Å². The summed E-state index contributed by atoms with van der Waals surface area (Å²) >= 11 is 0. The first-order valence-electron chi connectivity index (χ1n) is 8.28. The van der Waals surface area contributed by atoms with E-state index in [2.05, 4.69) is 15.1 Å². The molecule has 1 aromatic heterocycles. The Labute approximate surface area is 153 Å². The van der Waals surface area contributed by atoms with Gasteiger partial charge >= 0.3 is 0 Å². The Bertz CT molecular complexity index is 877. The van der Waals surface area contributed by atoms with Gasteiger partial charge in [-0.05, 0) is 31.5 Å². The highest BCUT2D eigenvalue weighted by molar-refractivity contribution is 7.89. The number of nitrogens with zero attached hydrogens (tertiary/aromatic N) is 2. The van der Waals surface area contributed by atoms with Crippen molar-refractivity contribution in [1.82, 2.24) is 19.8 Å². The topological polar surface area (TPSA) is 113 Å². The van der Waals surface area contributed by atoms with Gasteiger partial charge in [0.2, 0.25) is 10.0 Å². The number of carbonyl (C=O) groups excluding carboxylic acids is 1. The number of carbonyl (C=O) groups is 1. The summed E-state index contributed by atoms with van der Waals surface area (Å²) in [6.45, 7) is 3.89. The summed E-state index contributed by atoms with van der Waals surface area (Å²) < 4.78 is 28.6. The van der Waals surface area contributed by atoms with Gasteiger partial charge in [0.15, 0.2) is 0 Å². The minimum Gasteiger partial charge on any atom is -0.392 e. The van der Waals surface area contributed by atoms with E-state index < -0.39 is 16.1 Å². The van der Waals surface area contributed by atoms with Crippen LogP contribution in [-0.2, 0) is 23.6 Å². The molecule has 26 heavy (non-hydrogen) atoms. The molecule has 0 aliphatic rings. The molecule has 3 N–H and O–H groups in total. The average molecular weight is 380 g/mol. The van der Waals surface area contributed by atoms with Gasteiger partial charge in [-0.1, -0.05) is 13.0 Å². The summed E-state index contributed by atoms with van der Waals surface area (Å²) in [4.78, 5) is 12.3. The lowest BCUT2D eigenvalue weighted by molar-refractivity contribution is 0.0950. The number of aromatic nitrogens is 2. The number of nitrogens with one attached hydrogen (secondary N) is 2. The normalized spacial score (nSPS) is 12.8. The van der Waals surface area contributed by atoms with Crippen LogP contribution in [0.4, 0.5) is 0 Å². The van der Waals surface area contributed by atoms with Gasteiger partial charge < -0.3 is 10.4 Å². The molecule has 0 fully saturated rings. The lowest BCUT2D eigenvalue weighted by Gasteiger charge is -2.11. The van der Waals surface area contributed by atoms with Crippen LogP contribution in [0.1, 0.15) is 35.0 Å². The maximum Gasteiger partial charge on any atom is 0.251 e. The third-order valence-electron chi connectivity index (χ3n) is 4.16. The number of sulfonamides is 1. The summed E-state index contributed by atoms with van der Waals surface area (Å²) in [5, 5.41) is 16.4. The van der Waals surface area contributed by atoms with E-state index in [-0.39, 0.29) is 22.9 Å². The number of aryl methyl sites for hydroxylation is 1. The molecule has 8 nitrogen and oxygen atoms in total. The Kier molecular flexibility index (Phi) is 6.52. The third kappa shape index (κ3) is 4.90. The molecule has 9 heteroatoms. The second-order valence-corrected chi connectivity index (χ2v) is 7.77. The largest absolute Gasteiger partial charge is 0.392 e. The van der Waals surface area contributed by atoms with E-state index in [1.165, 1.54) is 18.2 Å². The molecule has 0 aliphatic carbocycles. The Morgan fingerprint density at radius 3 is 2.73 bits per heavy atom. The molecular weight excluding hydrogens is 356 g/mol. The monoisotopic (exact) mass is 380 g/mol. The first-order chi connectivity index (χ1) is 12.2. The van der Waals surface area contributed by atoms with Crippen LogP contribution in [0.5, 0.6) is 0 Å². The molecule has 1 heterocycles. The molecule has 0 unspecified atom stereocenters. The zero-order valence-corrected chi connectivity index (χ0v) is 15.9. The van der Waals surface area contributed by atoms with Crippen LogP contribution in [0.2, 0.25) is 0 Å². The minimum atomic E-state index is -3.80. The van der Waals surface area contributed by atoms with Crippen molar-refractivity contribution in [3.63, 3.8) is 0 Å². The molecule has 0 saturated carbocycles. The van der Waals surface area contributed by atoms with Crippen molar-refractivity contribution < 1.29 is 18.3 Å². The summed E-state index contributed by atoms with van der Waals surface area (Å²) in [5.41, 5.74) is 2.07. The van der Waals surface area contributed by atoms with E-state index in [4.69, 9.17) is 0 Å². The molecule has 1 atom stereocenters. The van der Waals surface area contributed by atoms with E-state index in [0.717, 1.165) is 11.3 Å². The molecule has 0 spiro atoms. The molecule has 1 amide bonds. The molecule has 0 aliphatic heterocycles. The number of hydrogen-bond acceptors (Lipinski definition) is 5. The Morgan fingerprint density at radius 1 is 1.38 bits per heavy atom. The van der Waals surface area contributed by atoms with E-state index >= 15 is 0 Å². The maximum absolute atomic E-state index is 12.3. The molecule has 1 aromatic carbocycles. The molecule has 0 bridgehead atoms. The maximum atomic E-state index is 12.3. The molecule has 2 aromatic rings. The summed E-state index contributed by atoms with van der Waals surface area (Å²) in [6, 6.07) is 5.77. The fraction of sp³-hybridized carbons (Fsp3) is 0.412. The van der Waals surface area contributed by atoms with Gasteiger partial charge in [-0.2, -0.15) is 5.10 Å². The van der Waals surface area contributed by atoms with E-state index in [1.54, 1.807) is 23.9 Å². The highest BCUT2D eigenvalue weighted by atomic mass is 32.2. The van der Waals surface area contributed by atoms with Crippen molar-refractivity contribution in [1.29, 1.82) is 0 Å².